The Morgan fingerprint density at radius 1 is 1.32 bits per heavy atom. The van der Waals surface area contributed by atoms with Crippen molar-refractivity contribution in [3.05, 3.63) is 11.7 Å². The number of carbonyl (C=O) groups is 1. The molecular formula is C16H26N4O2. The van der Waals surface area contributed by atoms with Crippen LogP contribution in [-0.4, -0.2) is 47.1 Å². The van der Waals surface area contributed by atoms with Gasteiger partial charge < -0.3 is 14.7 Å². The van der Waals surface area contributed by atoms with Crippen molar-refractivity contribution in [2.45, 2.75) is 39.5 Å². The first kappa shape index (κ1) is 15.5. The standard InChI is InChI=1S/C16H26N4O2/c1-10(2)9-20-6-4-12-13(5-7-20)15(21)17-8-14(12)16-18-11(3)19-22-16/h10,12-14H,4-9H2,1-3H3,(H,17,21)/t12-,13+,14-/m1/s1. The molecule has 1 aromatic heterocycles. The van der Waals surface area contributed by atoms with Crippen LogP contribution in [0.2, 0.25) is 0 Å². The van der Waals surface area contributed by atoms with Gasteiger partial charge in [-0.3, -0.25) is 4.79 Å². The Morgan fingerprint density at radius 2 is 2.09 bits per heavy atom. The van der Waals surface area contributed by atoms with Gasteiger partial charge in [0.1, 0.15) is 0 Å². The van der Waals surface area contributed by atoms with Crippen LogP contribution in [-0.2, 0) is 4.79 Å². The number of carbonyl (C=O) groups excluding carboxylic acids is 1. The number of hydrogen-bond acceptors (Lipinski definition) is 5. The van der Waals surface area contributed by atoms with Crippen LogP contribution in [0, 0.1) is 24.7 Å². The second-order valence-corrected chi connectivity index (χ2v) is 7.07. The fourth-order valence-corrected chi connectivity index (χ4v) is 3.91. The zero-order valence-electron chi connectivity index (χ0n) is 13.7. The zero-order valence-corrected chi connectivity index (χ0v) is 13.7. The van der Waals surface area contributed by atoms with Gasteiger partial charge in [0.2, 0.25) is 11.8 Å². The average molecular weight is 306 g/mol. The van der Waals surface area contributed by atoms with Crippen molar-refractivity contribution in [1.82, 2.24) is 20.4 Å². The average Bonchev–Trinajstić information content (AvgIpc) is 2.77. The molecule has 0 saturated carbocycles. The highest BCUT2D eigenvalue weighted by molar-refractivity contribution is 5.80. The first-order valence-corrected chi connectivity index (χ1v) is 8.35. The highest BCUT2D eigenvalue weighted by Crippen LogP contribution is 2.38. The van der Waals surface area contributed by atoms with Crippen LogP contribution in [0.5, 0.6) is 0 Å². The number of nitrogens with one attached hydrogen (secondary N) is 1. The van der Waals surface area contributed by atoms with Crippen LogP contribution < -0.4 is 5.32 Å². The number of likely N-dealkylation sites (tertiary alicyclic amines) is 1. The molecule has 1 N–H and O–H groups in total. The molecular weight excluding hydrogens is 280 g/mol. The van der Waals surface area contributed by atoms with E-state index < -0.39 is 0 Å². The number of piperidine rings is 1. The smallest absolute Gasteiger partial charge is 0.231 e. The summed E-state index contributed by atoms with van der Waals surface area (Å²) in [6.07, 6.45) is 1.95. The lowest BCUT2D eigenvalue weighted by Crippen LogP contribution is -2.46. The lowest BCUT2D eigenvalue weighted by molar-refractivity contribution is -0.129. The highest BCUT2D eigenvalue weighted by atomic mass is 16.5. The minimum Gasteiger partial charge on any atom is -0.355 e. The molecule has 122 valence electrons. The molecule has 2 aliphatic heterocycles. The van der Waals surface area contributed by atoms with Crippen molar-refractivity contribution in [1.29, 1.82) is 0 Å². The molecule has 0 bridgehead atoms. The summed E-state index contributed by atoms with van der Waals surface area (Å²) >= 11 is 0. The minimum atomic E-state index is 0.0723. The van der Waals surface area contributed by atoms with Gasteiger partial charge in [-0.2, -0.15) is 4.98 Å². The van der Waals surface area contributed by atoms with Crippen molar-refractivity contribution in [3.63, 3.8) is 0 Å². The van der Waals surface area contributed by atoms with Crippen LogP contribution in [0.1, 0.15) is 44.3 Å². The van der Waals surface area contributed by atoms with Gasteiger partial charge in [-0.1, -0.05) is 19.0 Å². The van der Waals surface area contributed by atoms with E-state index in [4.69, 9.17) is 4.52 Å². The number of rotatable bonds is 3. The molecule has 2 saturated heterocycles. The summed E-state index contributed by atoms with van der Waals surface area (Å²) in [7, 11) is 0. The van der Waals surface area contributed by atoms with E-state index in [1.807, 2.05) is 6.92 Å². The maximum Gasteiger partial charge on any atom is 0.231 e. The molecule has 1 aromatic rings. The fraction of sp³-hybridized carbons (Fsp3) is 0.812. The van der Waals surface area contributed by atoms with E-state index in [0.29, 0.717) is 30.1 Å². The molecule has 2 aliphatic rings. The Kier molecular flexibility index (Phi) is 4.47. The normalized spacial score (nSPS) is 30.0. The molecule has 3 rings (SSSR count). The molecule has 0 unspecified atom stereocenters. The van der Waals surface area contributed by atoms with E-state index in [2.05, 4.69) is 34.2 Å². The third-order valence-corrected chi connectivity index (χ3v) is 4.89. The summed E-state index contributed by atoms with van der Waals surface area (Å²) in [5.41, 5.74) is 0. The second kappa shape index (κ2) is 6.36. The monoisotopic (exact) mass is 306 g/mol. The number of amides is 1. The first-order valence-electron chi connectivity index (χ1n) is 8.35. The fourth-order valence-electron chi connectivity index (χ4n) is 3.91. The Hall–Kier alpha value is -1.43. The highest BCUT2D eigenvalue weighted by Gasteiger charge is 2.42. The molecule has 3 atom stereocenters. The van der Waals surface area contributed by atoms with Gasteiger partial charge in [0.05, 0.1) is 5.92 Å². The van der Waals surface area contributed by atoms with Gasteiger partial charge in [-0.15, -0.1) is 0 Å². The summed E-state index contributed by atoms with van der Waals surface area (Å²) in [6, 6.07) is 0. The van der Waals surface area contributed by atoms with Gasteiger partial charge >= 0.3 is 0 Å². The van der Waals surface area contributed by atoms with Gasteiger partial charge in [0.15, 0.2) is 5.82 Å². The molecule has 3 heterocycles. The number of aromatic nitrogens is 2. The predicted molar refractivity (Wildman–Crippen MR) is 82.3 cm³/mol. The van der Waals surface area contributed by atoms with E-state index >= 15 is 0 Å². The summed E-state index contributed by atoms with van der Waals surface area (Å²) in [5.74, 6) is 2.74. The Balaban J connectivity index is 1.77. The van der Waals surface area contributed by atoms with Gasteiger partial charge in [-0.25, -0.2) is 0 Å². The van der Waals surface area contributed by atoms with Crippen LogP contribution in [0.3, 0.4) is 0 Å². The molecule has 0 spiro atoms. The number of fused-ring (bicyclic) bond motifs is 1. The van der Waals surface area contributed by atoms with Crippen molar-refractivity contribution in [3.8, 4) is 0 Å². The number of nitrogens with zero attached hydrogens (tertiary/aromatic N) is 3. The maximum absolute atomic E-state index is 12.3. The van der Waals surface area contributed by atoms with E-state index in [-0.39, 0.29) is 17.7 Å². The Labute approximate surface area is 131 Å². The van der Waals surface area contributed by atoms with Crippen LogP contribution >= 0.6 is 0 Å². The molecule has 0 aliphatic carbocycles. The van der Waals surface area contributed by atoms with Crippen LogP contribution in [0.15, 0.2) is 4.52 Å². The van der Waals surface area contributed by atoms with Crippen molar-refractivity contribution in [2.75, 3.05) is 26.2 Å². The van der Waals surface area contributed by atoms with Gasteiger partial charge in [0.25, 0.3) is 0 Å². The molecule has 6 heteroatoms. The Morgan fingerprint density at radius 3 is 2.77 bits per heavy atom. The second-order valence-electron chi connectivity index (χ2n) is 7.07. The molecule has 0 radical (unpaired) electrons. The molecule has 1 amide bonds. The van der Waals surface area contributed by atoms with Crippen molar-refractivity contribution in [2.24, 2.45) is 17.8 Å². The largest absolute Gasteiger partial charge is 0.355 e. The zero-order chi connectivity index (χ0) is 15.7. The molecule has 6 nitrogen and oxygen atoms in total. The first-order chi connectivity index (χ1) is 10.5. The predicted octanol–water partition coefficient (Wildman–Crippen LogP) is 1.58. The summed E-state index contributed by atoms with van der Waals surface area (Å²) in [4.78, 5) is 19.2. The van der Waals surface area contributed by atoms with Crippen LogP contribution in [0.4, 0.5) is 0 Å². The van der Waals surface area contributed by atoms with Crippen LogP contribution in [0.25, 0.3) is 0 Å². The summed E-state index contributed by atoms with van der Waals surface area (Å²) < 4.78 is 5.39. The minimum absolute atomic E-state index is 0.0723. The third-order valence-electron chi connectivity index (χ3n) is 4.89. The van der Waals surface area contributed by atoms with E-state index in [1.165, 1.54) is 0 Å². The van der Waals surface area contributed by atoms with Gasteiger partial charge in [-0.05, 0) is 44.7 Å². The Bertz CT molecular complexity index is 528. The quantitative estimate of drug-likeness (QED) is 0.918. The SMILES string of the molecule is Cc1noc([C@@H]2CNC(=O)[C@H]3CCN(CC(C)C)CC[C@H]32)n1. The van der Waals surface area contributed by atoms with E-state index in [9.17, 15) is 4.79 Å². The maximum atomic E-state index is 12.3. The number of aryl methyl sites for hydroxylation is 1. The van der Waals surface area contributed by atoms with Gasteiger partial charge in [0, 0.05) is 19.0 Å². The van der Waals surface area contributed by atoms with E-state index in [1.54, 1.807) is 0 Å². The molecule has 22 heavy (non-hydrogen) atoms. The topological polar surface area (TPSA) is 71.3 Å². The third kappa shape index (κ3) is 3.16. The number of hydrogen-bond donors (Lipinski definition) is 1. The summed E-state index contributed by atoms with van der Waals surface area (Å²) in [6.45, 7) is 10.1. The van der Waals surface area contributed by atoms with Crippen molar-refractivity contribution < 1.29 is 9.32 Å². The lowest BCUT2D eigenvalue weighted by atomic mass is 9.75. The summed E-state index contributed by atoms with van der Waals surface area (Å²) in [5, 5.41) is 6.95. The van der Waals surface area contributed by atoms with E-state index in [0.717, 1.165) is 32.5 Å². The molecule has 2 fully saturated rings. The lowest BCUT2D eigenvalue weighted by Gasteiger charge is -2.34. The molecule has 0 aromatic carbocycles. The van der Waals surface area contributed by atoms with Crippen molar-refractivity contribution >= 4 is 5.91 Å².